The number of hydrogen-bond acceptors (Lipinski definition) is 5. The first kappa shape index (κ1) is 13.1. The zero-order chi connectivity index (χ0) is 13.9. The van der Waals surface area contributed by atoms with Crippen LogP contribution in [0.1, 0.15) is 39.7 Å². The summed E-state index contributed by atoms with van der Waals surface area (Å²) in [5.74, 6) is 0.241. The molecule has 1 aliphatic rings. The SMILES string of the molecule is COC(=O)c1cccnc1NC1CCCc2sccc21. The van der Waals surface area contributed by atoms with Gasteiger partial charge in [0.1, 0.15) is 11.4 Å². The third-order valence-corrected chi connectivity index (χ3v) is 4.57. The molecule has 1 N–H and O–H groups in total. The Hall–Kier alpha value is -1.88. The fourth-order valence-electron chi connectivity index (χ4n) is 2.60. The number of carbonyl (C=O) groups excluding carboxylic acids is 1. The van der Waals surface area contributed by atoms with Crippen LogP contribution in [-0.4, -0.2) is 18.1 Å². The van der Waals surface area contributed by atoms with Crippen molar-refractivity contribution in [3.8, 4) is 0 Å². The van der Waals surface area contributed by atoms with Crippen LogP contribution in [0.2, 0.25) is 0 Å². The number of methoxy groups -OCH3 is 1. The van der Waals surface area contributed by atoms with Crippen molar-refractivity contribution in [3.63, 3.8) is 0 Å². The number of rotatable bonds is 3. The first-order valence-corrected chi connectivity index (χ1v) is 7.53. The summed E-state index contributed by atoms with van der Waals surface area (Å²) in [5.41, 5.74) is 1.82. The van der Waals surface area contributed by atoms with Crippen LogP contribution in [0.15, 0.2) is 29.8 Å². The summed E-state index contributed by atoms with van der Waals surface area (Å²) in [5, 5.41) is 5.53. The molecule has 0 fully saturated rings. The van der Waals surface area contributed by atoms with Crippen LogP contribution < -0.4 is 5.32 Å². The molecule has 2 aromatic rings. The largest absolute Gasteiger partial charge is 0.465 e. The van der Waals surface area contributed by atoms with Gasteiger partial charge in [0.2, 0.25) is 0 Å². The highest BCUT2D eigenvalue weighted by molar-refractivity contribution is 7.10. The van der Waals surface area contributed by atoms with E-state index < -0.39 is 0 Å². The molecule has 2 heterocycles. The highest BCUT2D eigenvalue weighted by Gasteiger charge is 2.23. The zero-order valence-corrected chi connectivity index (χ0v) is 12.1. The molecule has 0 aliphatic heterocycles. The number of esters is 1. The molecule has 0 spiro atoms. The van der Waals surface area contributed by atoms with E-state index in [-0.39, 0.29) is 12.0 Å². The predicted octanol–water partition coefficient (Wildman–Crippen LogP) is 3.42. The van der Waals surface area contributed by atoms with E-state index in [0.29, 0.717) is 11.4 Å². The van der Waals surface area contributed by atoms with Gasteiger partial charge in [-0.1, -0.05) is 0 Å². The highest BCUT2D eigenvalue weighted by atomic mass is 32.1. The molecule has 4 nitrogen and oxygen atoms in total. The minimum Gasteiger partial charge on any atom is -0.465 e. The van der Waals surface area contributed by atoms with Crippen LogP contribution in [0.25, 0.3) is 0 Å². The van der Waals surface area contributed by atoms with E-state index in [2.05, 4.69) is 21.7 Å². The van der Waals surface area contributed by atoms with Gasteiger partial charge >= 0.3 is 5.97 Å². The summed E-state index contributed by atoms with van der Waals surface area (Å²) in [6, 6.07) is 5.87. The van der Waals surface area contributed by atoms with Crippen LogP contribution in [0.4, 0.5) is 5.82 Å². The topological polar surface area (TPSA) is 51.2 Å². The highest BCUT2D eigenvalue weighted by Crippen LogP contribution is 2.35. The van der Waals surface area contributed by atoms with Gasteiger partial charge in [0.05, 0.1) is 13.2 Å². The lowest BCUT2D eigenvalue weighted by Gasteiger charge is -2.24. The van der Waals surface area contributed by atoms with Gasteiger partial charge in [0, 0.05) is 11.1 Å². The molecule has 0 saturated carbocycles. The zero-order valence-electron chi connectivity index (χ0n) is 11.3. The van der Waals surface area contributed by atoms with Gasteiger partial charge in [-0.15, -0.1) is 11.3 Å². The van der Waals surface area contributed by atoms with Crippen molar-refractivity contribution >= 4 is 23.1 Å². The lowest BCUT2D eigenvalue weighted by molar-refractivity contribution is 0.0601. The Labute approximate surface area is 121 Å². The summed E-state index contributed by atoms with van der Waals surface area (Å²) < 4.78 is 4.80. The number of nitrogens with zero attached hydrogens (tertiary/aromatic N) is 1. The van der Waals surface area contributed by atoms with E-state index in [1.54, 1.807) is 29.7 Å². The molecule has 3 rings (SSSR count). The van der Waals surface area contributed by atoms with Crippen LogP contribution in [0.3, 0.4) is 0 Å². The molecular formula is C15H16N2O2S. The monoisotopic (exact) mass is 288 g/mol. The minimum absolute atomic E-state index is 0.225. The molecule has 20 heavy (non-hydrogen) atoms. The molecule has 0 saturated heterocycles. The van der Waals surface area contributed by atoms with Crippen molar-refractivity contribution in [2.24, 2.45) is 0 Å². The summed E-state index contributed by atoms with van der Waals surface area (Å²) in [6.45, 7) is 0. The number of pyridine rings is 1. The minimum atomic E-state index is -0.359. The van der Waals surface area contributed by atoms with Crippen LogP contribution in [0, 0.1) is 0 Å². The molecule has 0 aromatic carbocycles. The van der Waals surface area contributed by atoms with Crippen molar-refractivity contribution in [1.82, 2.24) is 4.98 Å². The van der Waals surface area contributed by atoms with Crippen molar-refractivity contribution in [2.45, 2.75) is 25.3 Å². The van der Waals surface area contributed by atoms with Crippen molar-refractivity contribution < 1.29 is 9.53 Å². The average Bonchev–Trinajstić information content (AvgIpc) is 2.96. The van der Waals surface area contributed by atoms with Crippen LogP contribution in [0.5, 0.6) is 0 Å². The lowest BCUT2D eigenvalue weighted by atomic mass is 9.94. The quantitative estimate of drug-likeness (QED) is 0.879. The summed E-state index contributed by atoms with van der Waals surface area (Å²) in [7, 11) is 1.39. The number of thiophene rings is 1. The van der Waals surface area contributed by atoms with Crippen molar-refractivity contribution in [3.05, 3.63) is 45.8 Å². The number of fused-ring (bicyclic) bond motifs is 1. The molecule has 0 radical (unpaired) electrons. The number of aromatic nitrogens is 1. The van der Waals surface area contributed by atoms with Gasteiger partial charge in [-0.3, -0.25) is 0 Å². The van der Waals surface area contributed by atoms with Gasteiger partial charge < -0.3 is 10.1 Å². The van der Waals surface area contributed by atoms with Crippen molar-refractivity contribution in [2.75, 3.05) is 12.4 Å². The number of ether oxygens (including phenoxy) is 1. The second kappa shape index (κ2) is 5.63. The molecule has 1 atom stereocenters. The maximum Gasteiger partial charge on any atom is 0.341 e. The predicted molar refractivity (Wildman–Crippen MR) is 79.2 cm³/mol. The normalized spacial score (nSPS) is 17.4. The molecular weight excluding hydrogens is 272 g/mol. The van der Waals surface area contributed by atoms with E-state index in [4.69, 9.17) is 4.74 Å². The number of nitrogens with one attached hydrogen (secondary N) is 1. The average molecular weight is 288 g/mol. The van der Waals surface area contributed by atoms with Gasteiger partial charge in [0.25, 0.3) is 0 Å². The number of anilines is 1. The summed E-state index contributed by atoms with van der Waals surface area (Å²) in [4.78, 5) is 17.5. The van der Waals surface area contributed by atoms with Gasteiger partial charge in [-0.2, -0.15) is 0 Å². The molecule has 0 amide bonds. The van der Waals surface area contributed by atoms with E-state index in [1.165, 1.54) is 17.6 Å². The molecule has 1 unspecified atom stereocenters. The molecule has 5 heteroatoms. The third-order valence-electron chi connectivity index (χ3n) is 3.58. The van der Waals surface area contributed by atoms with Gasteiger partial charge in [-0.25, -0.2) is 9.78 Å². The second-order valence-corrected chi connectivity index (χ2v) is 5.78. The van der Waals surface area contributed by atoms with E-state index >= 15 is 0 Å². The third kappa shape index (κ3) is 2.41. The number of carbonyl (C=O) groups is 1. The second-order valence-electron chi connectivity index (χ2n) is 4.78. The van der Waals surface area contributed by atoms with Crippen LogP contribution >= 0.6 is 11.3 Å². The van der Waals surface area contributed by atoms with Crippen molar-refractivity contribution in [1.29, 1.82) is 0 Å². The smallest absolute Gasteiger partial charge is 0.341 e. The Morgan fingerprint density at radius 1 is 1.50 bits per heavy atom. The molecule has 0 bridgehead atoms. The Morgan fingerprint density at radius 2 is 2.40 bits per heavy atom. The lowest BCUT2D eigenvalue weighted by Crippen LogP contribution is -2.18. The van der Waals surface area contributed by atoms with E-state index in [1.807, 2.05) is 0 Å². The molecule has 1 aliphatic carbocycles. The summed E-state index contributed by atoms with van der Waals surface area (Å²) >= 11 is 1.80. The maximum absolute atomic E-state index is 11.8. The van der Waals surface area contributed by atoms with Crippen LogP contribution in [-0.2, 0) is 11.2 Å². The first-order valence-electron chi connectivity index (χ1n) is 6.65. The Morgan fingerprint density at radius 3 is 3.25 bits per heavy atom. The fraction of sp³-hybridized carbons (Fsp3) is 0.333. The Balaban J connectivity index is 1.88. The van der Waals surface area contributed by atoms with Gasteiger partial charge in [-0.05, 0) is 48.4 Å². The number of aryl methyl sites for hydroxylation is 1. The number of hydrogen-bond donors (Lipinski definition) is 1. The van der Waals surface area contributed by atoms with Gasteiger partial charge in [0.15, 0.2) is 0 Å². The molecule has 2 aromatic heterocycles. The van der Waals surface area contributed by atoms with E-state index in [0.717, 1.165) is 19.3 Å². The fourth-order valence-corrected chi connectivity index (χ4v) is 3.58. The standard InChI is InChI=1S/C15H16N2O2S/c1-19-15(18)11-4-3-8-16-14(11)17-12-5-2-6-13-10(12)7-9-20-13/h3-4,7-9,12H,2,5-6H2,1H3,(H,16,17). The van der Waals surface area contributed by atoms with E-state index in [9.17, 15) is 4.79 Å². The first-order chi connectivity index (χ1) is 9.79. The maximum atomic E-state index is 11.8. The summed E-state index contributed by atoms with van der Waals surface area (Å²) in [6.07, 6.45) is 5.05. The molecule has 104 valence electrons. The Kier molecular flexibility index (Phi) is 3.69. The Bertz CT molecular complexity index is 624.